The zero-order valence-electron chi connectivity index (χ0n) is 17.3. The van der Waals surface area contributed by atoms with Crippen molar-refractivity contribution in [1.82, 2.24) is 9.61 Å². The average molecular weight is 479 g/mol. The maximum absolute atomic E-state index is 13.5. The fourth-order valence-electron chi connectivity index (χ4n) is 3.52. The summed E-state index contributed by atoms with van der Waals surface area (Å²) in [5.74, 6) is -2.27. The van der Waals surface area contributed by atoms with Gasteiger partial charge in [-0.1, -0.05) is 49.2 Å². The molecule has 0 spiro atoms. The molecule has 2 heterocycles. The topological polar surface area (TPSA) is 91.9 Å². The van der Waals surface area contributed by atoms with Gasteiger partial charge in [0.2, 0.25) is 0 Å². The van der Waals surface area contributed by atoms with Gasteiger partial charge < -0.3 is 10.2 Å². The number of ketones is 1. The number of Topliss-reactive ketones (excluding diaryl/α,β-unsaturated/α-hetero) is 1. The third-order valence-electron chi connectivity index (χ3n) is 4.85. The number of aliphatic hydroxyl groups excluding tert-OH is 1. The number of carboxylic acid groups (broad SMARTS) is 1. The van der Waals surface area contributed by atoms with Crippen LogP contribution in [-0.4, -0.2) is 37.7 Å². The van der Waals surface area contributed by atoms with E-state index in [0.717, 1.165) is 5.56 Å². The monoisotopic (exact) mass is 478 g/mol. The van der Waals surface area contributed by atoms with Gasteiger partial charge in [0.15, 0.2) is 0 Å². The smallest absolute Gasteiger partial charge is 0.310 e. The van der Waals surface area contributed by atoms with E-state index >= 15 is 0 Å². The lowest BCUT2D eigenvalue weighted by atomic mass is 9.93. The Bertz CT molecular complexity index is 1200. The molecule has 0 radical (unpaired) electrons. The summed E-state index contributed by atoms with van der Waals surface area (Å²) in [5, 5.41) is 24.3. The molecule has 168 valence electrons. The van der Waals surface area contributed by atoms with Gasteiger partial charge >= 0.3 is 5.97 Å². The lowest BCUT2D eigenvalue weighted by Crippen LogP contribution is -2.14. The summed E-state index contributed by atoms with van der Waals surface area (Å²) in [5.41, 5.74) is 3.13. The number of rotatable bonds is 8. The highest BCUT2D eigenvalue weighted by Gasteiger charge is 2.22. The number of aliphatic hydroxyl groups is 1. The summed E-state index contributed by atoms with van der Waals surface area (Å²) >= 11 is 12.8. The first kappa shape index (κ1) is 23.9. The van der Waals surface area contributed by atoms with Crippen LogP contribution < -0.4 is 0 Å². The first-order valence-electron chi connectivity index (χ1n) is 9.84. The van der Waals surface area contributed by atoms with E-state index in [1.807, 2.05) is 13.8 Å². The Morgan fingerprint density at radius 1 is 1.22 bits per heavy atom. The van der Waals surface area contributed by atoms with Gasteiger partial charge in [0.1, 0.15) is 23.2 Å². The minimum Gasteiger partial charge on any atom is -0.481 e. The molecule has 0 aliphatic heterocycles. The molecule has 32 heavy (non-hydrogen) atoms. The maximum Gasteiger partial charge on any atom is 0.310 e. The molecule has 3 aromatic rings. The van der Waals surface area contributed by atoms with E-state index in [0.29, 0.717) is 32.5 Å². The number of aromatic nitrogens is 2. The van der Waals surface area contributed by atoms with Gasteiger partial charge in [0.25, 0.3) is 0 Å². The molecule has 0 saturated heterocycles. The number of carbonyl (C=O) groups excluding carboxylic acids is 1. The second-order valence-electron chi connectivity index (χ2n) is 7.65. The van der Waals surface area contributed by atoms with E-state index in [1.165, 1.54) is 22.7 Å². The molecule has 2 N–H and O–H groups in total. The molecular formula is C23H21Cl2FN2O4. The zero-order chi connectivity index (χ0) is 23.6. The molecule has 1 unspecified atom stereocenters. The molecule has 0 saturated carbocycles. The number of hydrogen-bond acceptors (Lipinski definition) is 4. The number of halogens is 3. The predicted octanol–water partition coefficient (Wildman–Crippen LogP) is 5.38. The Morgan fingerprint density at radius 2 is 1.88 bits per heavy atom. The standard InChI is InChI=1S/C23H21Cl2FN2O4/c1-12(2)21-17(8-7-15(29)9-16(30)10-20(31)32)22(13-3-5-14(26)6-4-13)27-28-19(25)11-18(24)23(21)28/h3-8,11-12,15,29H,9-10H2,1-2H3,(H,31,32)/b8-7+. The highest BCUT2D eigenvalue weighted by molar-refractivity contribution is 6.37. The van der Waals surface area contributed by atoms with Crippen LogP contribution in [0.2, 0.25) is 10.2 Å². The largest absolute Gasteiger partial charge is 0.481 e. The third kappa shape index (κ3) is 5.18. The van der Waals surface area contributed by atoms with Gasteiger partial charge in [-0.25, -0.2) is 8.91 Å². The molecule has 9 heteroatoms. The molecule has 6 nitrogen and oxygen atoms in total. The summed E-state index contributed by atoms with van der Waals surface area (Å²) in [6, 6.07) is 7.37. The van der Waals surface area contributed by atoms with Gasteiger partial charge in [0, 0.05) is 17.5 Å². The maximum atomic E-state index is 13.5. The molecule has 0 aliphatic carbocycles. The van der Waals surface area contributed by atoms with E-state index in [9.17, 15) is 19.1 Å². The molecule has 3 rings (SSSR count). The lowest BCUT2D eigenvalue weighted by molar-refractivity contribution is -0.140. The van der Waals surface area contributed by atoms with Crippen molar-refractivity contribution in [1.29, 1.82) is 0 Å². The Balaban J connectivity index is 2.17. The molecular weight excluding hydrogens is 458 g/mol. The number of hydrogen-bond donors (Lipinski definition) is 2. The van der Waals surface area contributed by atoms with Crippen LogP contribution in [0.15, 0.2) is 36.4 Å². The Labute approximate surface area is 193 Å². The minimum atomic E-state index is -1.25. The fraction of sp³-hybridized carbons (Fsp3) is 0.261. The number of fused-ring (bicyclic) bond motifs is 1. The third-order valence-corrected chi connectivity index (χ3v) is 5.41. The van der Waals surface area contributed by atoms with Gasteiger partial charge in [-0.15, -0.1) is 0 Å². The molecule has 0 fully saturated rings. The van der Waals surface area contributed by atoms with Gasteiger partial charge in [0.05, 0.1) is 22.3 Å². The van der Waals surface area contributed by atoms with Crippen LogP contribution in [0.25, 0.3) is 22.9 Å². The van der Waals surface area contributed by atoms with Crippen LogP contribution in [0, 0.1) is 5.82 Å². The number of carboxylic acids is 1. The van der Waals surface area contributed by atoms with Crippen molar-refractivity contribution in [3.05, 3.63) is 63.5 Å². The SMILES string of the molecule is CC(C)c1c(/C=C/C(O)CC(=O)CC(=O)O)c(-c2ccc(F)cc2)nn2c(Cl)cc(Cl)c12. The molecule has 0 bridgehead atoms. The molecule has 1 aromatic carbocycles. The highest BCUT2D eigenvalue weighted by Crippen LogP contribution is 2.38. The zero-order valence-corrected chi connectivity index (χ0v) is 18.9. The van der Waals surface area contributed by atoms with Crippen molar-refractivity contribution < 1.29 is 24.2 Å². The van der Waals surface area contributed by atoms with Crippen molar-refractivity contribution >= 4 is 46.5 Å². The second kappa shape index (κ2) is 9.81. The molecule has 2 aromatic heterocycles. The van der Waals surface area contributed by atoms with Crippen LogP contribution in [-0.2, 0) is 9.59 Å². The quantitative estimate of drug-likeness (QED) is 0.424. The van der Waals surface area contributed by atoms with Crippen molar-refractivity contribution in [2.75, 3.05) is 0 Å². The first-order chi connectivity index (χ1) is 15.1. The van der Waals surface area contributed by atoms with Gasteiger partial charge in [-0.05, 0) is 41.8 Å². The summed E-state index contributed by atoms with van der Waals surface area (Å²) in [4.78, 5) is 22.4. The van der Waals surface area contributed by atoms with E-state index in [-0.39, 0.29) is 12.3 Å². The first-order valence-corrected chi connectivity index (χ1v) is 10.6. The van der Waals surface area contributed by atoms with E-state index in [1.54, 1.807) is 24.3 Å². The number of aliphatic carboxylic acids is 1. The van der Waals surface area contributed by atoms with Crippen LogP contribution in [0.4, 0.5) is 4.39 Å². The van der Waals surface area contributed by atoms with Crippen LogP contribution in [0.3, 0.4) is 0 Å². The van der Waals surface area contributed by atoms with Crippen LogP contribution >= 0.6 is 23.2 Å². The van der Waals surface area contributed by atoms with Crippen molar-refractivity contribution in [2.45, 2.75) is 38.7 Å². The van der Waals surface area contributed by atoms with E-state index < -0.39 is 30.1 Å². The number of nitrogens with zero attached hydrogens (tertiary/aromatic N) is 2. The van der Waals surface area contributed by atoms with Crippen LogP contribution in [0.1, 0.15) is 43.7 Å². The predicted molar refractivity (Wildman–Crippen MR) is 122 cm³/mol. The highest BCUT2D eigenvalue weighted by atomic mass is 35.5. The van der Waals surface area contributed by atoms with E-state index in [4.69, 9.17) is 28.3 Å². The Morgan fingerprint density at radius 3 is 2.47 bits per heavy atom. The van der Waals surface area contributed by atoms with Crippen molar-refractivity contribution in [3.63, 3.8) is 0 Å². The van der Waals surface area contributed by atoms with E-state index in [2.05, 4.69) is 5.10 Å². The Kier molecular flexibility index (Phi) is 7.33. The van der Waals surface area contributed by atoms with Crippen molar-refractivity contribution in [2.24, 2.45) is 0 Å². The molecule has 1 atom stereocenters. The molecule has 0 amide bonds. The summed E-state index contributed by atoms with van der Waals surface area (Å²) < 4.78 is 15.0. The van der Waals surface area contributed by atoms with Gasteiger partial charge in [-0.3, -0.25) is 9.59 Å². The molecule has 0 aliphatic rings. The minimum absolute atomic E-state index is 0.0337. The van der Waals surface area contributed by atoms with Crippen molar-refractivity contribution in [3.8, 4) is 11.3 Å². The van der Waals surface area contributed by atoms with Gasteiger partial charge in [-0.2, -0.15) is 5.10 Å². The fourth-order valence-corrected chi connectivity index (χ4v) is 4.09. The summed E-state index contributed by atoms with van der Waals surface area (Å²) in [7, 11) is 0. The average Bonchev–Trinajstić information content (AvgIpc) is 2.98. The lowest BCUT2D eigenvalue weighted by Gasteiger charge is -2.18. The summed E-state index contributed by atoms with van der Waals surface area (Å²) in [6.07, 6.45) is 0.847. The number of benzene rings is 1. The summed E-state index contributed by atoms with van der Waals surface area (Å²) in [6.45, 7) is 3.93. The Hall–Kier alpha value is -2.74. The second-order valence-corrected chi connectivity index (χ2v) is 8.45. The number of carbonyl (C=O) groups is 2. The normalized spacial score (nSPS) is 12.7. The van der Waals surface area contributed by atoms with Crippen LogP contribution in [0.5, 0.6) is 0 Å².